The van der Waals surface area contributed by atoms with E-state index in [1.54, 1.807) is 4.90 Å². The van der Waals surface area contributed by atoms with Crippen molar-refractivity contribution >= 4 is 6.09 Å². The number of ether oxygens (including phenoxy) is 1. The summed E-state index contributed by atoms with van der Waals surface area (Å²) < 4.78 is 29.5. The molecule has 82 valence electrons. The minimum atomic E-state index is -1.22. The first-order chi connectivity index (χ1) is 6.63. The Kier molecular flexibility index (Phi) is 4.06. The van der Waals surface area contributed by atoms with E-state index in [9.17, 15) is 13.6 Å². The van der Waals surface area contributed by atoms with Crippen molar-refractivity contribution in [1.29, 1.82) is 0 Å². The van der Waals surface area contributed by atoms with Crippen LogP contribution in [0.4, 0.5) is 13.6 Å². The molecule has 14 heavy (non-hydrogen) atoms. The Morgan fingerprint density at radius 2 is 2.29 bits per heavy atom. The van der Waals surface area contributed by atoms with E-state index in [1.807, 2.05) is 0 Å². The smallest absolute Gasteiger partial charge is 0.404 e. The van der Waals surface area contributed by atoms with Gasteiger partial charge in [-0.2, -0.15) is 0 Å². The second-order valence-electron chi connectivity index (χ2n) is 3.29. The van der Waals surface area contributed by atoms with Gasteiger partial charge >= 0.3 is 6.09 Å². The Morgan fingerprint density at radius 3 is 2.86 bits per heavy atom. The van der Waals surface area contributed by atoms with Gasteiger partial charge in [-0.1, -0.05) is 0 Å². The van der Waals surface area contributed by atoms with Gasteiger partial charge in [0.1, 0.15) is 6.10 Å². The highest BCUT2D eigenvalue weighted by Gasteiger charge is 2.34. The van der Waals surface area contributed by atoms with Gasteiger partial charge in [-0.15, -0.1) is 0 Å². The number of alkyl halides is 2. The van der Waals surface area contributed by atoms with Crippen molar-refractivity contribution in [1.82, 2.24) is 4.90 Å². The SMILES string of the molecule is NC(=O)O[C@@H]1CN(CCCF)C[C@H]1F. The summed E-state index contributed by atoms with van der Waals surface area (Å²) in [6, 6.07) is 0. The number of primary amides is 1. The summed E-state index contributed by atoms with van der Waals surface area (Å²) >= 11 is 0. The molecule has 4 nitrogen and oxygen atoms in total. The molecule has 1 amide bonds. The Balaban J connectivity index is 2.31. The maximum Gasteiger partial charge on any atom is 0.404 e. The predicted octanol–water partition coefficient (Wildman–Crippen LogP) is 0.464. The van der Waals surface area contributed by atoms with Crippen LogP contribution in [0, 0.1) is 0 Å². The molecule has 0 aromatic heterocycles. The Morgan fingerprint density at radius 1 is 1.57 bits per heavy atom. The van der Waals surface area contributed by atoms with Gasteiger partial charge in [0, 0.05) is 19.6 Å². The summed E-state index contributed by atoms with van der Waals surface area (Å²) in [5.41, 5.74) is 4.77. The van der Waals surface area contributed by atoms with E-state index in [1.165, 1.54) is 0 Å². The lowest BCUT2D eigenvalue weighted by Gasteiger charge is -2.13. The van der Waals surface area contributed by atoms with E-state index in [2.05, 4.69) is 4.74 Å². The third-order valence-corrected chi connectivity index (χ3v) is 2.15. The van der Waals surface area contributed by atoms with Crippen LogP contribution in [0.5, 0.6) is 0 Å². The standard InChI is InChI=1S/C8H14F2N2O2/c9-2-1-3-12-4-6(10)7(5-12)14-8(11)13/h6-7H,1-5H2,(H2,11,13)/t6-,7-/m1/s1. The molecule has 1 heterocycles. The molecular formula is C8H14F2N2O2. The molecule has 0 unspecified atom stereocenters. The van der Waals surface area contributed by atoms with Gasteiger partial charge in [-0.25, -0.2) is 9.18 Å². The third-order valence-electron chi connectivity index (χ3n) is 2.15. The minimum absolute atomic E-state index is 0.179. The van der Waals surface area contributed by atoms with E-state index in [0.29, 0.717) is 19.5 Å². The highest BCUT2D eigenvalue weighted by atomic mass is 19.1. The molecule has 1 fully saturated rings. The Hall–Kier alpha value is -0.910. The fourth-order valence-electron chi connectivity index (χ4n) is 1.53. The van der Waals surface area contributed by atoms with Crippen molar-refractivity contribution in [2.24, 2.45) is 5.73 Å². The number of amides is 1. The summed E-state index contributed by atoms with van der Waals surface area (Å²) in [6.07, 6.45) is -2.62. The highest BCUT2D eigenvalue weighted by molar-refractivity contribution is 5.64. The lowest BCUT2D eigenvalue weighted by atomic mass is 10.3. The first kappa shape index (κ1) is 11.2. The second-order valence-corrected chi connectivity index (χ2v) is 3.29. The maximum absolute atomic E-state index is 13.2. The molecule has 1 aliphatic heterocycles. The number of hydrogen-bond acceptors (Lipinski definition) is 3. The van der Waals surface area contributed by atoms with Crippen molar-refractivity contribution in [2.75, 3.05) is 26.3 Å². The number of carbonyl (C=O) groups excluding carboxylic acids is 1. The summed E-state index contributed by atoms with van der Waals surface area (Å²) in [5.74, 6) is 0. The molecule has 1 aliphatic rings. The van der Waals surface area contributed by atoms with E-state index in [4.69, 9.17) is 5.73 Å². The monoisotopic (exact) mass is 208 g/mol. The predicted molar refractivity (Wildman–Crippen MR) is 46.4 cm³/mol. The lowest BCUT2D eigenvalue weighted by molar-refractivity contribution is 0.0752. The van der Waals surface area contributed by atoms with E-state index >= 15 is 0 Å². The van der Waals surface area contributed by atoms with Gasteiger partial charge in [0.2, 0.25) is 0 Å². The number of likely N-dealkylation sites (tertiary alicyclic amines) is 1. The quantitative estimate of drug-likeness (QED) is 0.730. The third kappa shape index (κ3) is 3.10. The van der Waals surface area contributed by atoms with Gasteiger partial charge in [0.25, 0.3) is 0 Å². The van der Waals surface area contributed by atoms with Crippen LogP contribution in [-0.2, 0) is 4.74 Å². The van der Waals surface area contributed by atoms with Crippen LogP contribution in [-0.4, -0.2) is 49.6 Å². The molecular weight excluding hydrogens is 194 g/mol. The second kappa shape index (κ2) is 5.09. The van der Waals surface area contributed by atoms with Crippen LogP contribution >= 0.6 is 0 Å². The number of carbonyl (C=O) groups is 1. The normalized spacial score (nSPS) is 27.9. The van der Waals surface area contributed by atoms with Crippen molar-refractivity contribution in [3.63, 3.8) is 0 Å². The van der Waals surface area contributed by atoms with Crippen molar-refractivity contribution in [3.05, 3.63) is 0 Å². The first-order valence-corrected chi connectivity index (χ1v) is 4.52. The lowest BCUT2D eigenvalue weighted by Crippen LogP contribution is -2.30. The van der Waals surface area contributed by atoms with Gasteiger partial charge < -0.3 is 10.5 Å². The number of hydrogen-bond donors (Lipinski definition) is 1. The summed E-state index contributed by atoms with van der Waals surface area (Å²) in [7, 11) is 0. The zero-order valence-electron chi connectivity index (χ0n) is 7.79. The molecule has 1 saturated heterocycles. The fourth-order valence-corrected chi connectivity index (χ4v) is 1.53. The Bertz CT molecular complexity index is 204. The van der Waals surface area contributed by atoms with Gasteiger partial charge in [-0.3, -0.25) is 9.29 Å². The van der Waals surface area contributed by atoms with Crippen molar-refractivity contribution in [3.8, 4) is 0 Å². The maximum atomic E-state index is 13.2. The molecule has 6 heteroatoms. The van der Waals surface area contributed by atoms with E-state index in [0.717, 1.165) is 0 Å². The molecule has 0 aromatic carbocycles. The number of nitrogens with zero attached hydrogens (tertiary/aromatic N) is 1. The fraction of sp³-hybridized carbons (Fsp3) is 0.875. The molecule has 0 radical (unpaired) electrons. The Labute approximate surface area is 81.0 Å². The number of halogens is 2. The van der Waals surface area contributed by atoms with Gasteiger partial charge in [-0.05, 0) is 6.42 Å². The van der Waals surface area contributed by atoms with Crippen LogP contribution < -0.4 is 5.73 Å². The van der Waals surface area contributed by atoms with Crippen LogP contribution in [0.25, 0.3) is 0 Å². The summed E-state index contributed by atoms with van der Waals surface area (Å²) in [6.45, 7) is 0.534. The van der Waals surface area contributed by atoms with E-state index < -0.39 is 25.0 Å². The van der Waals surface area contributed by atoms with Crippen LogP contribution in [0.1, 0.15) is 6.42 Å². The molecule has 1 rings (SSSR count). The zero-order chi connectivity index (χ0) is 10.6. The molecule has 0 aliphatic carbocycles. The average Bonchev–Trinajstić information content (AvgIpc) is 2.43. The molecule has 0 spiro atoms. The molecule has 0 aromatic rings. The average molecular weight is 208 g/mol. The molecule has 2 N–H and O–H groups in total. The zero-order valence-corrected chi connectivity index (χ0v) is 7.79. The largest absolute Gasteiger partial charge is 0.442 e. The van der Waals surface area contributed by atoms with Crippen LogP contribution in [0.2, 0.25) is 0 Å². The van der Waals surface area contributed by atoms with Crippen molar-refractivity contribution in [2.45, 2.75) is 18.7 Å². The molecule has 0 saturated carbocycles. The number of nitrogens with two attached hydrogens (primary N) is 1. The molecule has 2 atom stereocenters. The highest BCUT2D eigenvalue weighted by Crippen LogP contribution is 2.16. The van der Waals surface area contributed by atoms with Crippen molar-refractivity contribution < 1.29 is 18.3 Å². The van der Waals surface area contributed by atoms with Crippen LogP contribution in [0.15, 0.2) is 0 Å². The minimum Gasteiger partial charge on any atom is -0.442 e. The molecule has 0 bridgehead atoms. The van der Waals surface area contributed by atoms with Gasteiger partial charge in [0.15, 0.2) is 6.17 Å². The van der Waals surface area contributed by atoms with Gasteiger partial charge in [0.05, 0.1) is 6.67 Å². The summed E-state index contributed by atoms with van der Waals surface area (Å²) in [4.78, 5) is 12.1. The van der Waals surface area contributed by atoms with Crippen LogP contribution in [0.3, 0.4) is 0 Å². The van der Waals surface area contributed by atoms with E-state index in [-0.39, 0.29) is 6.54 Å². The number of rotatable bonds is 4. The first-order valence-electron chi connectivity index (χ1n) is 4.52. The summed E-state index contributed by atoms with van der Waals surface area (Å²) in [5, 5.41) is 0. The topological polar surface area (TPSA) is 55.6 Å².